The molecule has 1 aromatic carbocycles. The fourth-order valence-electron chi connectivity index (χ4n) is 3.67. The number of carbonyl (C=O) groups excluding carboxylic acids is 3. The summed E-state index contributed by atoms with van der Waals surface area (Å²) in [5.41, 5.74) is -0.719. The standard InChI is InChI=1S/C20H16NO4/c1-12-5-4-10-21(11-12)15-8-9-16(22)17(15)20(25)18(23)13-6-2-3-7-14(13)19(20)24/h2-7,10-11,25H,8-9H2,1H3/q+1. The van der Waals surface area contributed by atoms with Crippen LogP contribution in [0.5, 0.6) is 0 Å². The Kier molecular flexibility index (Phi) is 3.30. The smallest absolute Gasteiger partial charge is 0.226 e. The van der Waals surface area contributed by atoms with Gasteiger partial charge in [0.05, 0.1) is 0 Å². The molecule has 1 aromatic heterocycles. The Morgan fingerprint density at radius 1 is 0.960 bits per heavy atom. The third kappa shape index (κ3) is 2.06. The van der Waals surface area contributed by atoms with E-state index in [9.17, 15) is 19.5 Å². The second-order valence-corrected chi connectivity index (χ2v) is 6.45. The minimum absolute atomic E-state index is 0.0886. The predicted octanol–water partition coefficient (Wildman–Crippen LogP) is 1.67. The molecule has 2 aliphatic carbocycles. The Hall–Kier alpha value is -2.92. The Labute approximate surface area is 144 Å². The lowest BCUT2D eigenvalue weighted by Gasteiger charge is -2.19. The molecular formula is C20H16NO4+. The predicted molar refractivity (Wildman–Crippen MR) is 88.9 cm³/mol. The molecule has 0 bridgehead atoms. The van der Waals surface area contributed by atoms with Gasteiger partial charge in [0.25, 0.3) is 0 Å². The molecule has 2 aliphatic rings. The zero-order valence-electron chi connectivity index (χ0n) is 13.7. The first-order valence-electron chi connectivity index (χ1n) is 8.10. The molecule has 1 N–H and O–H groups in total. The van der Waals surface area contributed by atoms with E-state index in [0.717, 1.165) is 5.56 Å². The normalized spacial score (nSPS) is 18.9. The summed E-state index contributed by atoms with van der Waals surface area (Å²) >= 11 is 0. The number of hydrogen-bond acceptors (Lipinski definition) is 4. The Balaban J connectivity index is 1.95. The molecule has 4 rings (SSSR count). The summed E-state index contributed by atoms with van der Waals surface area (Å²) in [5, 5.41) is 11.1. The first-order chi connectivity index (χ1) is 11.9. The number of carbonyl (C=O) groups is 3. The van der Waals surface area contributed by atoms with Crippen molar-refractivity contribution >= 4 is 23.0 Å². The van der Waals surface area contributed by atoms with Gasteiger partial charge in [-0.1, -0.05) is 24.3 Å². The molecule has 1 heterocycles. The molecule has 124 valence electrons. The second-order valence-electron chi connectivity index (χ2n) is 6.45. The average molecular weight is 334 g/mol. The molecule has 0 atom stereocenters. The van der Waals surface area contributed by atoms with E-state index >= 15 is 0 Å². The number of ketones is 3. The molecule has 0 amide bonds. The maximum atomic E-state index is 12.8. The molecule has 0 aliphatic heterocycles. The van der Waals surface area contributed by atoms with Crippen LogP contribution in [0.4, 0.5) is 0 Å². The van der Waals surface area contributed by atoms with Crippen LogP contribution in [0.25, 0.3) is 5.70 Å². The Morgan fingerprint density at radius 3 is 2.20 bits per heavy atom. The van der Waals surface area contributed by atoms with Gasteiger partial charge < -0.3 is 5.11 Å². The molecular weight excluding hydrogens is 318 g/mol. The molecule has 0 fully saturated rings. The van der Waals surface area contributed by atoms with Gasteiger partial charge in [-0.25, -0.2) is 0 Å². The lowest BCUT2D eigenvalue weighted by Crippen LogP contribution is -2.47. The van der Waals surface area contributed by atoms with Crippen LogP contribution >= 0.6 is 0 Å². The second kappa shape index (κ2) is 5.29. The highest BCUT2D eigenvalue weighted by Crippen LogP contribution is 2.40. The first kappa shape index (κ1) is 15.6. The number of hydrogen-bond donors (Lipinski definition) is 1. The van der Waals surface area contributed by atoms with Crippen molar-refractivity contribution in [2.45, 2.75) is 25.4 Å². The first-order valence-corrected chi connectivity index (χ1v) is 8.10. The van der Waals surface area contributed by atoms with Crippen LogP contribution in [0.3, 0.4) is 0 Å². The van der Waals surface area contributed by atoms with E-state index in [0.29, 0.717) is 12.1 Å². The summed E-state index contributed by atoms with van der Waals surface area (Å²) < 4.78 is 1.72. The molecule has 0 spiro atoms. The van der Waals surface area contributed by atoms with Crippen molar-refractivity contribution in [3.8, 4) is 0 Å². The van der Waals surface area contributed by atoms with Gasteiger partial charge in [-0.05, 0) is 13.0 Å². The van der Waals surface area contributed by atoms with E-state index < -0.39 is 17.2 Å². The van der Waals surface area contributed by atoms with Crippen molar-refractivity contribution in [2.75, 3.05) is 0 Å². The number of pyridine rings is 1. The van der Waals surface area contributed by atoms with Crippen molar-refractivity contribution in [3.05, 3.63) is 71.1 Å². The summed E-state index contributed by atoms with van der Waals surface area (Å²) in [6, 6.07) is 10.0. The summed E-state index contributed by atoms with van der Waals surface area (Å²) in [6.45, 7) is 1.91. The van der Waals surface area contributed by atoms with Gasteiger partial charge in [0, 0.05) is 35.6 Å². The lowest BCUT2D eigenvalue weighted by atomic mass is 9.86. The summed E-state index contributed by atoms with van der Waals surface area (Å²) in [4.78, 5) is 38.2. The van der Waals surface area contributed by atoms with Crippen molar-refractivity contribution in [1.82, 2.24) is 0 Å². The van der Waals surface area contributed by atoms with Gasteiger partial charge in [-0.3, -0.25) is 14.4 Å². The van der Waals surface area contributed by atoms with E-state index in [1.54, 1.807) is 22.9 Å². The highest BCUT2D eigenvalue weighted by atomic mass is 16.3. The molecule has 0 unspecified atom stereocenters. The number of benzene rings is 1. The van der Waals surface area contributed by atoms with Crippen LogP contribution in [-0.2, 0) is 4.79 Å². The van der Waals surface area contributed by atoms with Crippen LogP contribution in [-0.4, -0.2) is 28.1 Å². The summed E-state index contributed by atoms with van der Waals surface area (Å²) in [6.07, 6.45) is 4.11. The number of fused-ring (bicyclic) bond motifs is 1. The van der Waals surface area contributed by atoms with Gasteiger partial charge in [0.2, 0.25) is 17.2 Å². The molecule has 5 heteroatoms. The third-order valence-electron chi connectivity index (χ3n) is 4.85. The fraction of sp³-hybridized carbons (Fsp3) is 0.200. The lowest BCUT2D eigenvalue weighted by molar-refractivity contribution is -0.584. The number of aryl methyl sites for hydroxylation is 1. The maximum Gasteiger partial charge on any atom is 0.226 e. The molecule has 2 aromatic rings. The Morgan fingerprint density at radius 2 is 1.60 bits per heavy atom. The number of allylic oxidation sites excluding steroid dienone is 1. The van der Waals surface area contributed by atoms with Gasteiger partial charge in [0.15, 0.2) is 23.9 Å². The number of rotatable bonds is 2. The molecule has 25 heavy (non-hydrogen) atoms. The number of nitrogens with zero attached hydrogens (tertiary/aromatic N) is 1. The van der Waals surface area contributed by atoms with Gasteiger partial charge in [0.1, 0.15) is 5.57 Å². The quantitative estimate of drug-likeness (QED) is 0.669. The van der Waals surface area contributed by atoms with Crippen LogP contribution in [0.2, 0.25) is 0 Å². The van der Waals surface area contributed by atoms with Crippen LogP contribution < -0.4 is 4.57 Å². The van der Waals surface area contributed by atoms with Crippen molar-refractivity contribution in [1.29, 1.82) is 0 Å². The van der Waals surface area contributed by atoms with Crippen LogP contribution in [0.1, 0.15) is 39.1 Å². The average Bonchev–Trinajstić information content (AvgIpc) is 3.09. The van der Waals surface area contributed by atoms with Crippen molar-refractivity contribution in [3.63, 3.8) is 0 Å². The summed E-state index contributed by atoms with van der Waals surface area (Å²) in [7, 11) is 0. The van der Waals surface area contributed by atoms with E-state index in [-0.39, 0.29) is 28.9 Å². The van der Waals surface area contributed by atoms with Gasteiger partial charge in [-0.2, -0.15) is 4.57 Å². The number of Topliss-reactive ketones (excluding diaryl/α,β-unsaturated/α-hetero) is 3. The Bertz CT molecular complexity index is 952. The van der Waals surface area contributed by atoms with E-state index in [2.05, 4.69) is 0 Å². The van der Waals surface area contributed by atoms with E-state index in [1.165, 1.54) is 12.1 Å². The number of aromatic nitrogens is 1. The largest absolute Gasteiger partial charge is 0.370 e. The van der Waals surface area contributed by atoms with Crippen LogP contribution in [0.15, 0.2) is 54.4 Å². The monoisotopic (exact) mass is 334 g/mol. The maximum absolute atomic E-state index is 12.8. The fourth-order valence-corrected chi connectivity index (χ4v) is 3.67. The van der Waals surface area contributed by atoms with Gasteiger partial charge in [-0.15, -0.1) is 0 Å². The minimum atomic E-state index is -2.43. The molecule has 0 radical (unpaired) electrons. The van der Waals surface area contributed by atoms with Crippen molar-refractivity contribution in [2.24, 2.45) is 0 Å². The molecule has 0 saturated carbocycles. The van der Waals surface area contributed by atoms with E-state index in [4.69, 9.17) is 0 Å². The molecule has 5 nitrogen and oxygen atoms in total. The minimum Gasteiger partial charge on any atom is -0.370 e. The highest BCUT2D eigenvalue weighted by Gasteiger charge is 2.59. The topological polar surface area (TPSA) is 75.3 Å². The zero-order valence-corrected chi connectivity index (χ0v) is 13.7. The number of aliphatic hydroxyl groups is 1. The van der Waals surface area contributed by atoms with Gasteiger partial charge >= 0.3 is 0 Å². The van der Waals surface area contributed by atoms with E-state index in [1.807, 2.05) is 25.3 Å². The zero-order chi connectivity index (χ0) is 17.8. The van der Waals surface area contributed by atoms with Crippen LogP contribution in [0, 0.1) is 6.92 Å². The third-order valence-corrected chi connectivity index (χ3v) is 4.85. The molecule has 0 saturated heterocycles. The highest BCUT2D eigenvalue weighted by molar-refractivity contribution is 6.37. The van der Waals surface area contributed by atoms with Crippen molar-refractivity contribution < 1.29 is 24.1 Å². The summed E-state index contributed by atoms with van der Waals surface area (Å²) in [5.74, 6) is -1.80. The SMILES string of the molecule is Cc1ccc[n+](C2=C(C3(O)C(=O)c4ccccc4C3=O)C(=O)CC2)c1.